The zero-order chi connectivity index (χ0) is 13.7. The molecule has 0 saturated heterocycles. The largest absolute Gasteiger partial charge is 0.383 e. The van der Waals surface area contributed by atoms with Crippen molar-refractivity contribution in [1.82, 2.24) is 5.32 Å². The second kappa shape index (κ2) is 7.13. The van der Waals surface area contributed by atoms with Gasteiger partial charge in [0.15, 0.2) is 0 Å². The fourth-order valence-corrected chi connectivity index (χ4v) is 2.55. The molecule has 0 spiro atoms. The van der Waals surface area contributed by atoms with Crippen LogP contribution in [0.5, 0.6) is 0 Å². The van der Waals surface area contributed by atoms with Gasteiger partial charge in [0, 0.05) is 44.0 Å². The van der Waals surface area contributed by atoms with Crippen molar-refractivity contribution in [2.24, 2.45) is 0 Å². The number of hydrogen-bond donors (Lipinski definition) is 1. The maximum Gasteiger partial charge on any atom is 0.0587 e. The number of benzene rings is 1. The lowest BCUT2D eigenvalue weighted by atomic mass is 9.91. The van der Waals surface area contributed by atoms with Gasteiger partial charge in [0.1, 0.15) is 0 Å². The molecule has 0 heterocycles. The third-order valence-corrected chi connectivity index (χ3v) is 4.08. The molecule has 1 saturated carbocycles. The van der Waals surface area contributed by atoms with Crippen molar-refractivity contribution < 1.29 is 4.74 Å². The molecule has 4 heteroatoms. The van der Waals surface area contributed by atoms with Gasteiger partial charge in [-0.2, -0.15) is 0 Å². The summed E-state index contributed by atoms with van der Waals surface area (Å²) in [4.78, 5) is 2.38. The number of anilines is 1. The fraction of sp³-hybridized carbons (Fsp3) is 0.600. The van der Waals surface area contributed by atoms with Crippen molar-refractivity contribution in [2.45, 2.75) is 31.8 Å². The second-order valence-electron chi connectivity index (χ2n) is 5.14. The topological polar surface area (TPSA) is 24.5 Å². The van der Waals surface area contributed by atoms with Crippen molar-refractivity contribution in [3.8, 4) is 0 Å². The fourth-order valence-electron chi connectivity index (χ4n) is 2.38. The first-order chi connectivity index (χ1) is 9.22. The molecular weight excluding hydrogens is 260 g/mol. The summed E-state index contributed by atoms with van der Waals surface area (Å²) in [6.45, 7) is 2.46. The van der Waals surface area contributed by atoms with E-state index in [-0.39, 0.29) is 0 Å². The van der Waals surface area contributed by atoms with Crippen LogP contribution in [-0.2, 0) is 11.3 Å². The lowest BCUT2D eigenvalue weighted by molar-refractivity contribution is 0.199. The molecule has 0 aromatic heterocycles. The van der Waals surface area contributed by atoms with Gasteiger partial charge in [-0.15, -0.1) is 0 Å². The van der Waals surface area contributed by atoms with Crippen LogP contribution in [0.25, 0.3) is 0 Å². The van der Waals surface area contributed by atoms with Crippen molar-refractivity contribution >= 4 is 17.3 Å². The molecule has 1 aromatic carbocycles. The molecule has 1 aliphatic carbocycles. The number of halogens is 1. The molecule has 0 amide bonds. The van der Waals surface area contributed by atoms with Crippen LogP contribution in [0, 0.1) is 0 Å². The summed E-state index contributed by atoms with van der Waals surface area (Å²) >= 11 is 6.14. The summed E-state index contributed by atoms with van der Waals surface area (Å²) in [5.74, 6) is 0. The molecule has 106 valence electrons. The third-order valence-electron chi connectivity index (χ3n) is 3.85. The first-order valence-electron chi connectivity index (χ1n) is 6.93. The van der Waals surface area contributed by atoms with E-state index in [9.17, 15) is 0 Å². The predicted octanol–water partition coefficient (Wildman–Crippen LogP) is 3.06. The van der Waals surface area contributed by atoms with Crippen LogP contribution >= 0.6 is 11.6 Å². The summed E-state index contributed by atoms with van der Waals surface area (Å²) in [5, 5.41) is 4.20. The van der Waals surface area contributed by atoms with Crippen molar-refractivity contribution in [3.63, 3.8) is 0 Å². The number of ether oxygens (including phenoxy) is 1. The maximum absolute atomic E-state index is 6.14. The lowest BCUT2D eigenvalue weighted by Gasteiger charge is -2.37. The molecule has 2 rings (SSSR count). The van der Waals surface area contributed by atoms with E-state index in [0.717, 1.165) is 24.7 Å². The summed E-state index contributed by atoms with van der Waals surface area (Å²) in [7, 11) is 3.90. The van der Waals surface area contributed by atoms with Crippen molar-refractivity contribution in [2.75, 3.05) is 32.2 Å². The normalized spacial score (nSPS) is 15.3. The second-order valence-corrected chi connectivity index (χ2v) is 5.57. The molecule has 1 aliphatic rings. The molecule has 0 unspecified atom stereocenters. The van der Waals surface area contributed by atoms with Gasteiger partial charge in [-0.05, 0) is 37.0 Å². The van der Waals surface area contributed by atoms with Gasteiger partial charge >= 0.3 is 0 Å². The molecular formula is C15H23ClN2O. The van der Waals surface area contributed by atoms with Gasteiger partial charge < -0.3 is 15.0 Å². The van der Waals surface area contributed by atoms with Gasteiger partial charge in [-0.3, -0.25) is 0 Å². The molecule has 1 fully saturated rings. The Morgan fingerprint density at radius 3 is 2.84 bits per heavy atom. The van der Waals surface area contributed by atoms with E-state index in [1.807, 2.05) is 6.07 Å². The molecule has 0 aliphatic heterocycles. The number of methoxy groups -OCH3 is 1. The van der Waals surface area contributed by atoms with E-state index in [0.29, 0.717) is 6.04 Å². The molecule has 0 atom stereocenters. The van der Waals surface area contributed by atoms with Crippen LogP contribution < -0.4 is 10.2 Å². The highest BCUT2D eigenvalue weighted by Gasteiger charge is 2.23. The van der Waals surface area contributed by atoms with Crippen LogP contribution in [0.3, 0.4) is 0 Å². The van der Waals surface area contributed by atoms with Gasteiger partial charge in [0.2, 0.25) is 0 Å². The summed E-state index contributed by atoms with van der Waals surface area (Å²) < 4.78 is 5.05. The number of nitrogens with zero attached hydrogens (tertiary/aromatic N) is 1. The Morgan fingerprint density at radius 1 is 1.42 bits per heavy atom. The highest BCUT2D eigenvalue weighted by Crippen LogP contribution is 2.32. The van der Waals surface area contributed by atoms with Gasteiger partial charge in [-0.25, -0.2) is 0 Å². The lowest BCUT2D eigenvalue weighted by Crippen LogP contribution is -2.38. The zero-order valence-electron chi connectivity index (χ0n) is 11.8. The minimum absolute atomic E-state index is 0.677. The Bertz CT molecular complexity index is 407. The molecule has 0 bridgehead atoms. The molecule has 19 heavy (non-hydrogen) atoms. The van der Waals surface area contributed by atoms with E-state index in [1.54, 1.807) is 7.11 Å². The summed E-state index contributed by atoms with van der Waals surface area (Å²) in [6, 6.07) is 6.84. The molecule has 0 radical (unpaired) electrons. The van der Waals surface area contributed by atoms with Gasteiger partial charge in [-0.1, -0.05) is 17.7 Å². The van der Waals surface area contributed by atoms with E-state index < -0.39 is 0 Å². The predicted molar refractivity (Wildman–Crippen MR) is 81.1 cm³/mol. The molecule has 1 aromatic rings. The Kier molecular flexibility index (Phi) is 5.49. The third kappa shape index (κ3) is 3.85. The van der Waals surface area contributed by atoms with E-state index in [4.69, 9.17) is 16.3 Å². The van der Waals surface area contributed by atoms with E-state index in [2.05, 4.69) is 29.4 Å². The number of rotatable bonds is 7. The van der Waals surface area contributed by atoms with Crippen molar-refractivity contribution in [1.29, 1.82) is 0 Å². The standard InChI is InChI=1S/C15H23ClN2O/c1-18(14-4-3-5-14)15-10-13(16)7-6-12(15)11-17-8-9-19-2/h6-7,10,14,17H,3-5,8-9,11H2,1-2H3. The SMILES string of the molecule is COCCNCc1ccc(Cl)cc1N(C)C1CCC1. The zero-order valence-corrected chi connectivity index (χ0v) is 12.5. The first kappa shape index (κ1) is 14.6. The average molecular weight is 283 g/mol. The number of hydrogen-bond acceptors (Lipinski definition) is 3. The molecule has 1 N–H and O–H groups in total. The van der Waals surface area contributed by atoms with E-state index in [1.165, 1.54) is 30.5 Å². The van der Waals surface area contributed by atoms with Gasteiger partial charge in [0.05, 0.1) is 6.61 Å². The van der Waals surface area contributed by atoms with Crippen LogP contribution in [0.1, 0.15) is 24.8 Å². The average Bonchev–Trinajstić information content (AvgIpc) is 2.34. The minimum Gasteiger partial charge on any atom is -0.383 e. The minimum atomic E-state index is 0.677. The Labute approximate surface area is 120 Å². The Hall–Kier alpha value is -0.770. The highest BCUT2D eigenvalue weighted by molar-refractivity contribution is 6.30. The van der Waals surface area contributed by atoms with Crippen molar-refractivity contribution in [3.05, 3.63) is 28.8 Å². The monoisotopic (exact) mass is 282 g/mol. The smallest absolute Gasteiger partial charge is 0.0587 e. The van der Waals surface area contributed by atoms with Crippen LogP contribution in [0.15, 0.2) is 18.2 Å². The highest BCUT2D eigenvalue weighted by atomic mass is 35.5. The van der Waals surface area contributed by atoms with Crippen LogP contribution in [0.2, 0.25) is 5.02 Å². The van der Waals surface area contributed by atoms with E-state index >= 15 is 0 Å². The van der Waals surface area contributed by atoms with Crippen LogP contribution in [-0.4, -0.2) is 33.4 Å². The Morgan fingerprint density at radius 2 is 2.21 bits per heavy atom. The Balaban J connectivity index is 2.03. The molecule has 3 nitrogen and oxygen atoms in total. The summed E-state index contributed by atoms with van der Waals surface area (Å²) in [6.07, 6.45) is 3.93. The maximum atomic E-state index is 6.14. The summed E-state index contributed by atoms with van der Waals surface area (Å²) in [5.41, 5.74) is 2.55. The first-order valence-corrected chi connectivity index (χ1v) is 7.31. The quantitative estimate of drug-likeness (QED) is 0.778. The van der Waals surface area contributed by atoms with Crippen LogP contribution in [0.4, 0.5) is 5.69 Å². The number of nitrogens with one attached hydrogen (secondary N) is 1. The van der Waals surface area contributed by atoms with Gasteiger partial charge in [0.25, 0.3) is 0 Å².